The van der Waals surface area contributed by atoms with Gasteiger partial charge >= 0.3 is 0 Å². The highest BCUT2D eigenvalue weighted by Crippen LogP contribution is 2.12. The number of aromatic nitrogens is 4. The minimum absolute atomic E-state index is 0.184. The topological polar surface area (TPSA) is 93.8 Å². The number of carbonyl (C=O) groups excluding carboxylic acids is 1. The van der Waals surface area contributed by atoms with Gasteiger partial charge in [0.25, 0.3) is 5.91 Å². The molecule has 2 aromatic heterocycles. The second-order valence-corrected chi connectivity index (χ2v) is 4.53. The lowest BCUT2D eigenvalue weighted by molar-refractivity contribution is 0.0953. The third-order valence-electron chi connectivity index (χ3n) is 2.41. The molecule has 0 radical (unpaired) electrons. The normalized spacial score (nSPS) is 10.6. The fourth-order valence-corrected chi connectivity index (χ4v) is 2.06. The lowest BCUT2D eigenvalue weighted by Crippen LogP contribution is -2.23. The molecule has 18 heavy (non-hydrogen) atoms. The fourth-order valence-electron chi connectivity index (χ4n) is 1.44. The zero-order valence-corrected chi connectivity index (χ0v) is 11.0. The van der Waals surface area contributed by atoms with Crippen molar-refractivity contribution in [3.8, 4) is 0 Å². The monoisotopic (exact) mass is 267 g/mol. The summed E-state index contributed by atoms with van der Waals surface area (Å²) in [6.07, 6.45) is 1.68. The average molecular weight is 267 g/mol. The lowest BCUT2D eigenvalue weighted by atomic mass is 10.2. The van der Waals surface area contributed by atoms with Gasteiger partial charge in [-0.05, 0) is 24.9 Å². The van der Waals surface area contributed by atoms with E-state index < -0.39 is 0 Å². The Balaban J connectivity index is 1.99. The van der Waals surface area contributed by atoms with Crippen molar-refractivity contribution in [2.45, 2.75) is 33.2 Å². The molecule has 0 aliphatic heterocycles. The molecule has 0 saturated heterocycles. The van der Waals surface area contributed by atoms with Gasteiger partial charge in [0.1, 0.15) is 16.3 Å². The summed E-state index contributed by atoms with van der Waals surface area (Å²) in [4.78, 5) is 12.5. The molecule has 0 unspecified atom stereocenters. The van der Waals surface area contributed by atoms with Crippen LogP contribution in [0.5, 0.6) is 0 Å². The van der Waals surface area contributed by atoms with Crippen LogP contribution in [0.1, 0.15) is 40.1 Å². The lowest BCUT2D eigenvalue weighted by Gasteiger charge is -2.01. The number of rotatable bonds is 5. The molecule has 0 saturated carbocycles. The molecule has 2 rings (SSSR count). The van der Waals surface area contributed by atoms with Gasteiger partial charge in [0, 0.05) is 0 Å². The Labute approximate surface area is 108 Å². The number of amides is 1. The van der Waals surface area contributed by atoms with E-state index in [1.807, 2.05) is 6.92 Å². The Hall–Kier alpha value is -1.83. The highest BCUT2D eigenvalue weighted by Gasteiger charge is 2.16. The third-order valence-corrected chi connectivity index (χ3v) is 3.18. The second kappa shape index (κ2) is 5.67. The standard InChI is InChI=1S/C10H13N5O2S/c1-3-4-7-9(18-15-12-7)10(16)11-5-8-6(2)13-17-14-8/h3-5H2,1-2H3,(H,11,16). The zero-order chi connectivity index (χ0) is 13.0. The van der Waals surface area contributed by atoms with Crippen LogP contribution in [0.15, 0.2) is 4.63 Å². The molecule has 8 heteroatoms. The van der Waals surface area contributed by atoms with E-state index in [0.29, 0.717) is 16.3 Å². The molecule has 2 aromatic rings. The van der Waals surface area contributed by atoms with E-state index >= 15 is 0 Å². The molecule has 0 atom stereocenters. The summed E-state index contributed by atoms with van der Waals surface area (Å²) in [7, 11) is 0. The van der Waals surface area contributed by atoms with Crippen molar-refractivity contribution >= 4 is 17.4 Å². The van der Waals surface area contributed by atoms with Gasteiger partial charge in [-0.25, -0.2) is 4.63 Å². The Bertz CT molecular complexity index is 536. The molecule has 0 fully saturated rings. The van der Waals surface area contributed by atoms with Crippen molar-refractivity contribution in [2.24, 2.45) is 0 Å². The predicted molar refractivity (Wildman–Crippen MR) is 64.1 cm³/mol. The van der Waals surface area contributed by atoms with Crippen LogP contribution in [0.3, 0.4) is 0 Å². The molecule has 0 spiro atoms. The van der Waals surface area contributed by atoms with Crippen LogP contribution in [0.25, 0.3) is 0 Å². The molecule has 0 bridgehead atoms. The Morgan fingerprint density at radius 3 is 2.89 bits per heavy atom. The van der Waals surface area contributed by atoms with E-state index in [9.17, 15) is 4.79 Å². The maximum atomic E-state index is 11.9. The molecule has 0 aliphatic rings. The summed E-state index contributed by atoms with van der Waals surface area (Å²) in [6, 6.07) is 0. The molecule has 2 heterocycles. The van der Waals surface area contributed by atoms with Crippen molar-refractivity contribution in [3.05, 3.63) is 22.0 Å². The van der Waals surface area contributed by atoms with Crippen LogP contribution in [0.4, 0.5) is 0 Å². The van der Waals surface area contributed by atoms with E-state index in [1.54, 1.807) is 6.92 Å². The van der Waals surface area contributed by atoms with Crippen LogP contribution in [-0.2, 0) is 13.0 Å². The first-order valence-corrected chi connectivity index (χ1v) is 6.37. The maximum Gasteiger partial charge on any atom is 0.265 e. The highest BCUT2D eigenvalue weighted by molar-refractivity contribution is 7.08. The molecule has 0 aliphatic carbocycles. The number of carbonyl (C=O) groups is 1. The molecular weight excluding hydrogens is 254 g/mol. The number of nitrogens with one attached hydrogen (secondary N) is 1. The van der Waals surface area contributed by atoms with E-state index in [2.05, 4.69) is 29.8 Å². The average Bonchev–Trinajstić information content (AvgIpc) is 2.96. The van der Waals surface area contributed by atoms with Crippen molar-refractivity contribution < 1.29 is 9.42 Å². The minimum Gasteiger partial charge on any atom is -0.345 e. The van der Waals surface area contributed by atoms with Crippen LogP contribution in [-0.4, -0.2) is 25.8 Å². The quantitative estimate of drug-likeness (QED) is 0.872. The van der Waals surface area contributed by atoms with Gasteiger partial charge in [-0.1, -0.05) is 28.1 Å². The van der Waals surface area contributed by atoms with Gasteiger partial charge in [-0.2, -0.15) is 0 Å². The molecule has 0 aromatic carbocycles. The minimum atomic E-state index is -0.184. The summed E-state index contributed by atoms with van der Waals surface area (Å²) < 4.78 is 8.37. The molecule has 7 nitrogen and oxygen atoms in total. The van der Waals surface area contributed by atoms with Gasteiger partial charge in [0.15, 0.2) is 0 Å². The molecule has 1 N–H and O–H groups in total. The van der Waals surface area contributed by atoms with Gasteiger partial charge in [-0.3, -0.25) is 4.79 Å². The maximum absolute atomic E-state index is 11.9. The number of aryl methyl sites for hydroxylation is 2. The molecule has 96 valence electrons. The first kappa shape index (κ1) is 12.6. The summed E-state index contributed by atoms with van der Waals surface area (Å²) in [5, 5.41) is 14.1. The van der Waals surface area contributed by atoms with Crippen LogP contribution in [0, 0.1) is 6.92 Å². The number of nitrogens with zero attached hydrogens (tertiary/aromatic N) is 4. The SMILES string of the molecule is CCCc1nnsc1C(=O)NCc1nonc1C. The Morgan fingerprint density at radius 2 is 2.22 bits per heavy atom. The van der Waals surface area contributed by atoms with Gasteiger partial charge in [-0.15, -0.1) is 5.10 Å². The summed E-state index contributed by atoms with van der Waals surface area (Å²) >= 11 is 1.11. The smallest absolute Gasteiger partial charge is 0.265 e. The van der Waals surface area contributed by atoms with Gasteiger partial charge in [0.2, 0.25) is 0 Å². The largest absolute Gasteiger partial charge is 0.345 e. The summed E-state index contributed by atoms with van der Waals surface area (Å²) in [5.74, 6) is -0.184. The predicted octanol–water partition coefficient (Wildman–Crippen LogP) is 1.11. The van der Waals surface area contributed by atoms with E-state index in [-0.39, 0.29) is 12.5 Å². The van der Waals surface area contributed by atoms with E-state index in [0.717, 1.165) is 30.1 Å². The van der Waals surface area contributed by atoms with Gasteiger partial charge in [0.05, 0.1) is 12.2 Å². The second-order valence-electron chi connectivity index (χ2n) is 3.78. The summed E-state index contributed by atoms with van der Waals surface area (Å²) in [5.41, 5.74) is 2.04. The summed E-state index contributed by atoms with van der Waals surface area (Å²) in [6.45, 7) is 4.10. The van der Waals surface area contributed by atoms with Crippen molar-refractivity contribution in [1.29, 1.82) is 0 Å². The zero-order valence-electron chi connectivity index (χ0n) is 10.1. The van der Waals surface area contributed by atoms with Crippen LogP contribution < -0.4 is 5.32 Å². The third kappa shape index (κ3) is 2.70. The number of hydrogen-bond donors (Lipinski definition) is 1. The first-order valence-electron chi connectivity index (χ1n) is 5.59. The highest BCUT2D eigenvalue weighted by atomic mass is 32.1. The van der Waals surface area contributed by atoms with Crippen LogP contribution >= 0.6 is 11.5 Å². The first-order chi connectivity index (χ1) is 8.72. The van der Waals surface area contributed by atoms with E-state index in [4.69, 9.17) is 0 Å². The van der Waals surface area contributed by atoms with E-state index in [1.165, 1.54) is 0 Å². The van der Waals surface area contributed by atoms with Gasteiger partial charge < -0.3 is 5.32 Å². The van der Waals surface area contributed by atoms with Crippen LogP contribution in [0.2, 0.25) is 0 Å². The fraction of sp³-hybridized carbons (Fsp3) is 0.500. The Morgan fingerprint density at radius 1 is 1.39 bits per heavy atom. The van der Waals surface area contributed by atoms with Crippen molar-refractivity contribution in [3.63, 3.8) is 0 Å². The Kier molecular flexibility index (Phi) is 3.98. The number of hydrogen-bond acceptors (Lipinski definition) is 7. The van der Waals surface area contributed by atoms with Crippen molar-refractivity contribution in [2.75, 3.05) is 0 Å². The molecular formula is C10H13N5O2S. The molecule has 1 amide bonds. The van der Waals surface area contributed by atoms with Crippen molar-refractivity contribution in [1.82, 2.24) is 25.2 Å².